The molecule has 146 valence electrons. The molecule has 0 bridgehead atoms. The van der Waals surface area contributed by atoms with E-state index >= 15 is 0 Å². The van der Waals surface area contributed by atoms with E-state index in [0.29, 0.717) is 30.6 Å². The summed E-state index contributed by atoms with van der Waals surface area (Å²) in [5.74, 6) is 2.03. The molecule has 0 atom stereocenters. The Bertz CT molecular complexity index is 743. The topological polar surface area (TPSA) is 64.1 Å². The van der Waals surface area contributed by atoms with Crippen LogP contribution in [0.2, 0.25) is 0 Å². The molecule has 2 rings (SSSR count). The van der Waals surface area contributed by atoms with E-state index in [1.807, 2.05) is 32.0 Å². The maximum Gasteiger partial charge on any atom is 0.195 e. The van der Waals surface area contributed by atoms with Crippen LogP contribution >= 0.6 is 0 Å². The normalized spacial score (nSPS) is 11.4. The van der Waals surface area contributed by atoms with Gasteiger partial charge in [0.25, 0.3) is 0 Å². The number of hydrogen-bond acceptors (Lipinski definition) is 4. The molecule has 0 amide bonds. The number of nitrogens with zero attached hydrogens (tertiary/aromatic N) is 1. The standard InChI is InChI=1S/C21H29N3O3/c1-15(2)27-14-17-8-6-16(7-9-17)13-23-21(22-3)24-18-10-11-19(25-4)20(12-18)26-5/h6-12,15H,13-14H2,1-5H3,(H2,22,23,24). The van der Waals surface area contributed by atoms with Crippen LogP contribution in [0.3, 0.4) is 0 Å². The van der Waals surface area contributed by atoms with E-state index in [1.165, 1.54) is 11.1 Å². The van der Waals surface area contributed by atoms with Crippen molar-refractivity contribution in [3.05, 3.63) is 53.6 Å². The largest absolute Gasteiger partial charge is 0.493 e. The van der Waals surface area contributed by atoms with Crippen molar-refractivity contribution < 1.29 is 14.2 Å². The smallest absolute Gasteiger partial charge is 0.195 e. The van der Waals surface area contributed by atoms with Crippen LogP contribution < -0.4 is 20.1 Å². The van der Waals surface area contributed by atoms with E-state index in [4.69, 9.17) is 14.2 Å². The molecule has 27 heavy (non-hydrogen) atoms. The number of nitrogens with one attached hydrogen (secondary N) is 2. The summed E-state index contributed by atoms with van der Waals surface area (Å²) in [5.41, 5.74) is 3.20. The summed E-state index contributed by atoms with van der Waals surface area (Å²) >= 11 is 0. The van der Waals surface area contributed by atoms with E-state index in [0.717, 1.165) is 5.69 Å². The predicted molar refractivity (Wildman–Crippen MR) is 110 cm³/mol. The van der Waals surface area contributed by atoms with Crippen LogP contribution in [0.1, 0.15) is 25.0 Å². The quantitative estimate of drug-likeness (QED) is 0.546. The molecule has 0 radical (unpaired) electrons. The zero-order valence-electron chi connectivity index (χ0n) is 16.7. The fourth-order valence-electron chi connectivity index (χ4n) is 2.43. The van der Waals surface area contributed by atoms with E-state index < -0.39 is 0 Å². The van der Waals surface area contributed by atoms with Gasteiger partial charge in [0, 0.05) is 25.3 Å². The summed E-state index contributed by atoms with van der Waals surface area (Å²) in [5, 5.41) is 6.56. The van der Waals surface area contributed by atoms with Crippen molar-refractivity contribution in [2.75, 3.05) is 26.6 Å². The lowest BCUT2D eigenvalue weighted by Crippen LogP contribution is -2.30. The fourth-order valence-corrected chi connectivity index (χ4v) is 2.43. The molecule has 0 spiro atoms. The average molecular weight is 371 g/mol. The van der Waals surface area contributed by atoms with E-state index in [2.05, 4.69) is 39.9 Å². The van der Waals surface area contributed by atoms with Crippen LogP contribution in [0.25, 0.3) is 0 Å². The first-order chi connectivity index (χ1) is 13.0. The Hall–Kier alpha value is -2.73. The minimum atomic E-state index is 0.234. The van der Waals surface area contributed by atoms with Gasteiger partial charge in [-0.2, -0.15) is 0 Å². The molecule has 2 aromatic rings. The fraction of sp³-hybridized carbons (Fsp3) is 0.381. The first-order valence-corrected chi connectivity index (χ1v) is 8.94. The molecule has 0 heterocycles. The van der Waals surface area contributed by atoms with Crippen LogP contribution in [0.4, 0.5) is 5.69 Å². The van der Waals surface area contributed by atoms with Gasteiger partial charge in [-0.25, -0.2) is 0 Å². The van der Waals surface area contributed by atoms with Gasteiger partial charge in [0.15, 0.2) is 17.5 Å². The molecule has 2 N–H and O–H groups in total. The molecule has 0 aliphatic rings. The number of anilines is 1. The summed E-state index contributed by atoms with van der Waals surface area (Å²) in [6.45, 7) is 5.37. The van der Waals surface area contributed by atoms with Gasteiger partial charge in [0.1, 0.15) is 0 Å². The Morgan fingerprint density at radius 1 is 0.963 bits per heavy atom. The SMILES string of the molecule is CN=C(NCc1ccc(COC(C)C)cc1)Nc1ccc(OC)c(OC)c1. The van der Waals surface area contributed by atoms with Crippen molar-refractivity contribution in [3.63, 3.8) is 0 Å². The highest BCUT2D eigenvalue weighted by molar-refractivity contribution is 5.93. The molecule has 0 aliphatic heterocycles. The number of hydrogen-bond donors (Lipinski definition) is 2. The number of guanidine groups is 1. The molecule has 0 aromatic heterocycles. The van der Waals surface area contributed by atoms with Crippen LogP contribution in [-0.2, 0) is 17.9 Å². The van der Waals surface area contributed by atoms with Crippen LogP contribution in [0.5, 0.6) is 11.5 Å². The number of benzene rings is 2. The maximum absolute atomic E-state index is 5.62. The summed E-state index contributed by atoms with van der Waals surface area (Å²) in [6, 6.07) is 14.0. The minimum absolute atomic E-state index is 0.234. The first kappa shape index (κ1) is 20.6. The third-order valence-corrected chi connectivity index (χ3v) is 3.94. The molecule has 0 saturated carbocycles. The van der Waals surface area contributed by atoms with Crippen molar-refractivity contribution in [3.8, 4) is 11.5 Å². The van der Waals surface area contributed by atoms with Crippen molar-refractivity contribution in [2.45, 2.75) is 33.1 Å². The second-order valence-electron chi connectivity index (χ2n) is 6.30. The monoisotopic (exact) mass is 371 g/mol. The Kier molecular flexibility index (Phi) is 7.95. The molecule has 0 aliphatic carbocycles. The second-order valence-corrected chi connectivity index (χ2v) is 6.30. The van der Waals surface area contributed by atoms with Gasteiger partial charge in [0.2, 0.25) is 0 Å². The highest BCUT2D eigenvalue weighted by Crippen LogP contribution is 2.29. The van der Waals surface area contributed by atoms with Crippen molar-refractivity contribution >= 4 is 11.6 Å². The lowest BCUT2D eigenvalue weighted by Gasteiger charge is -2.14. The number of rotatable bonds is 8. The molecular weight excluding hydrogens is 342 g/mol. The third-order valence-electron chi connectivity index (χ3n) is 3.94. The summed E-state index contributed by atoms with van der Waals surface area (Å²) in [6.07, 6.45) is 0.234. The summed E-state index contributed by atoms with van der Waals surface area (Å²) in [4.78, 5) is 4.27. The second kappa shape index (κ2) is 10.4. The van der Waals surface area contributed by atoms with Crippen LogP contribution in [-0.4, -0.2) is 33.3 Å². The molecule has 0 unspecified atom stereocenters. The van der Waals surface area contributed by atoms with Gasteiger partial charge in [-0.1, -0.05) is 24.3 Å². The van der Waals surface area contributed by atoms with Crippen molar-refractivity contribution in [1.82, 2.24) is 5.32 Å². The van der Waals surface area contributed by atoms with Crippen LogP contribution in [0, 0.1) is 0 Å². The number of methoxy groups -OCH3 is 2. The molecule has 0 fully saturated rings. The van der Waals surface area contributed by atoms with Gasteiger partial charge >= 0.3 is 0 Å². The molecular formula is C21H29N3O3. The van der Waals surface area contributed by atoms with Gasteiger partial charge < -0.3 is 24.8 Å². The lowest BCUT2D eigenvalue weighted by molar-refractivity contribution is 0.0657. The lowest BCUT2D eigenvalue weighted by atomic mass is 10.1. The molecule has 2 aromatic carbocycles. The summed E-state index contributed by atoms with van der Waals surface area (Å²) in [7, 11) is 4.97. The first-order valence-electron chi connectivity index (χ1n) is 8.94. The van der Waals surface area contributed by atoms with E-state index in [-0.39, 0.29) is 6.10 Å². The molecule has 6 nitrogen and oxygen atoms in total. The Morgan fingerprint density at radius 3 is 2.22 bits per heavy atom. The highest BCUT2D eigenvalue weighted by Gasteiger charge is 2.06. The molecule has 0 saturated heterocycles. The van der Waals surface area contributed by atoms with Crippen molar-refractivity contribution in [1.29, 1.82) is 0 Å². The number of aliphatic imine (C=N–C) groups is 1. The average Bonchev–Trinajstić information content (AvgIpc) is 2.70. The Labute approximate surface area is 161 Å². The van der Waals surface area contributed by atoms with Crippen molar-refractivity contribution in [2.24, 2.45) is 4.99 Å². The van der Waals surface area contributed by atoms with Gasteiger partial charge in [0.05, 0.1) is 26.9 Å². The Morgan fingerprint density at radius 2 is 1.63 bits per heavy atom. The van der Waals surface area contributed by atoms with E-state index in [1.54, 1.807) is 21.3 Å². The predicted octanol–water partition coefficient (Wildman–Crippen LogP) is 3.82. The number of ether oxygens (including phenoxy) is 3. The summed E-state index contributed by atoms with van der Waals surface area (Å²) < 4.78 is 16.2. The Balaban J connectivity index is 1.92. The van der Waals surface area contributed by atoms with Gasteiger partial charge in [-0.15, -0.1) is 0 Å². The zero-order chi connectivity index (χ0) is 19.6. The minimum Gasteiger partial charge on any atom is -0.493 e. The maximum atomic E-state index is 5.62. The van der Waals surface area contributed by atoms with E-state index in [9.17, 15) is 0 Å². The molecule has 6 heteroatoms. The third kappa shape index (κ3) is 6.49. The van der Waals surface area contributed by atoms with Gasteiger partial charge in [-0.3, -0.25) is 4.99 Å². The highest BCUT2D eigenvalue weighted by atomic mass is 16.5. The zero-order valence-corrected chi connectivity index (χ0v) is 16.7. The van der Waals surface area contributed by atoms with Crippen LogP contribution in [0.15, 0.2) is 47.5 Å². The van der Waals surface area contributed by atoms with Gasteiger partial charge in [-0.05, 0) is 37.1 Å².